The lowest BCUT2D eigenvalue weighted by molar-refractivity contribution is 0.0741. The molecule has 1 aliphatic rings. The lowest BCUT2D eigenvalue weighted by atomic mass is 10.1. The molecule has 0 aliphatic carbocycles. The number of nitrogens with zero attached hydrogens (tertiary/aromatic N) is 3. The van der Waals surface area contributed by atoms with E-state index in [1.54, 1.807) is 30.3 Å². The molecule has 1 aliphatic heterocycles. The van der Waals surface area contributed by atoms with Gasteiger partial charge in [-0.15, -0.1) is 0 Å². The average molecular weight is 329 g/mol. The molecule has 0 atom stereocenters. The molecule has 0 unspecified atom stereocenters. The Morgan fingerprint density at radius 1 is 1.17 bits per heavy atom. The van der Waals surface area contributed by atoms with E-state index in [1.165, 1.54) is 6.07 Å². The van der Waals surface area contributed by atoms with E-state index < -0.39 is 5.82 Å². The molecule has 0 radical (unpaired) electrons. The Morgan fingerprint density at radius 2 is 1.92 bits per heavy atom. The van der Waals surface area contributed by atoms with Crippen molar-refractivity contribution in [1.29, 1.82) is 0 Å². The highest BCUT2D eigenvalue weighted by Crippen LogP contribution is 2.19. The number of aromatic nitrogens is 1. The third-order valence-electron chi connectivity index (χ3n) is 4.20. The Hall–Kier alpha value is -2.63. The van der Waals surface area contributed by atoms with Crippen LogP contribution in [0.15, 0.2) is 36.5 Å². The van der Waals surface area contributed by atoms with Crippen LogP contribution in [0.2, 0.25) is 0 Å². The fourth-order valence-corrected chi connectivity index (χ4v) is 2.79. The van der Waals surface area contributed by atoms with Gasteiger partial charge < -0.3 is 14.5 Å². The van der Waals surface area contributed by atoms with Crippen molar-refractivity contribution in [1.82, 2.24) is 9.88 Å². The fourth-order valence-electron chi connectivity index (χ4n) is 2.79. The number of piperazine rings is 1. The topological polar surface area (TPSA) is 45.7 Å². The van der Waals surface area contributed by atoms with E-state index in [1.807, 2.05) is 19.1 Å². The van der Waals surface area contributed by atoms with Crippen LogP contribution < -0.4 is 9.64 Å². The quantitative estimate of drug-likeness (QED) is 0.868. The summed E-state index contributed by atoms with van der Waals surface area (Å²) in [5.41, 5.74) is 1.02. The number of rotatable bonds is 3. The number of anilines is 1. The van der Waals surface area contributed by atoms with Crippen LogP contribution in [-0.2, 0) is 0 Å². The van der Waals surface area contributed by atoms with Gasteiger partial charge in [-0.25, -0.2) is 9.37 Å². The number of carbonyl (C=O) groups excluding carboxylic acids is 1. The van der Waals surface area contributed by atoms with Crippen molar-refractivity contribution < 1.29 is 13.9 Å². The lowest BCUT2D eigenvalue weighted by Gasteiger charge is -2.35. The molecule has 1 saturated heterocycles. The number of methoxy groups -OCH3 is 1. The number of carbonyl (C=O) groups is 1. The normalized spacial score (nSPS) is 14.6. The van der Waals surface area contributed by atoms with Crippen molar-refractivity contribution in [2.24, 2.45) is 0 Å². The molecular formula is C18H20FN3O2. The number of hydrogen-bond acceptors (Lipinski definition) is 4. The van der Waals surface area contributed by atoms with Gasteiger partial charge in [-0.1, -0.05) is 11.6 Å². The maximum Gasteiger partial charge on any atom is 0.256 e. The zero-order chi connectivity index (χ0) is 17.1. The minimum absolute atomic E-state index is 0.144. The second kappa shape index (κ2) is 6.86. The summed E-state index contributed by atoms with van der Waals surface area (Å²) in [6.45, 7) is 4.26. The van der Waals surface area contributed by atoms with E-state index in [9.17, 15) is 9.18 Å². The molecule has 0 bridgehead atoms. The number of pyridine rings is 1. The van der Waals surface area contributed by atoms with Gasteiger partial charge in [0.1, 0.15) is 17.4 Å². The first-order valence-electron chi connectivity index (χ1n) is 7.89. The fraction of sp³-hybridized carbons (Fsp3) is 0.333. The summed E-state index contributed by atoms with van der Waals surface area (Å²) in [6.07, 6.45) is 1.68. The van der Waals surface area contributed by atoms with Crippen LogP contribution in [0.1, 0.15) is 15.9 Å². The van der Waals surface area contributed by atoms with Crippen molar-refractivity contribution in [3.63, 3.8) is 0 Å². The summed E-state index contributed by atoms with van der Waals surface area (Å²) in [7, 11) is 1.60. The van der Waals surface area contributed by atoms with Crippen LogP contribution in [0, 0.1) is 12.7 Å². The summed E-state index contributed by atoms with van der Waals surface area (Å²) >= 11 is 0. The van der Waals surface area contributed by atoms with E-state index in [0.29, 0.717) is 31.9 Å². The second-order valence-corrected chi connectivity index (χ2v) is 5.82. The lowest BCUT2D eigenvalue weighted by Crippen LogP contribution is -2.49. The van der Waals surface area contributed by atoms with Gasteiger partial charge in [0.25, 0.3) is 5.91 Å². The minimum atomic E-state index is -0.468. The van der Waals surface area contributed by atoms with Crippen molar-refractivity contribution in [2.75, 3.05) is 38.2 Å². The third-order valence-corrected chi connectivity index (χ3v) is 4.20. The Labute approximate surface area is 140 Å². The largest absolute Gasteiger partial charge is 0.495 e. The number of ether oxygens (including phenoxy) is 1. The first-order valence-corrected chi connectivity index (χ1v) is 7.89. The number of hydrogen-bond donors (Lipinski definition) is 0. The van der Waals surface area contributed by atoms with Gasteiger partial charge >= 0.3 is 0 Å². The van der Waals surface area contributed by atoms with Crippen LogP contribution in [-0.4, -0.2) is 49.1 Å². The van der Waals surface area contributed by atoms with E-state index in [0.717, 1.165) is 11.4 Å². The number of benzene rings is 1. The van der Waals surface area contributed by atoms with Crippen LogP contribution in [0.3, 0.4) is 0 Å². The average Bonchev–Trinajstić information content (AvgIpc) is 2.63. The molecule has 0 N–H and O–H groups in total. The maximum absolute atomic E-state index is 13.9. The van der Waals surface area contributed by atoms with Crippen LogP contribution in [0.5, 0.6) is 5.75 Å². The van der Waals surface area contributed by atoms with Gasteiger partial charge in [0.15, 0.2) is 0 Å². The molecule has 1 aromatic heterocycles. The highest BCUT2D eigenvalue weighted by molar-refractivity contribution is 5.94. The molecule has 24 heavy (non-hydrogen) atoms. The Bertz CT molecular complexity index is 726. The molecule has 2 aromatic rings. The third kappa shape index (κ3) is 3.32. The maximum atomic E-state index is 13.9. The molecular weight excluding hydrogens is 309 g/mol. The Kier molecular flexibility index (Phi) is 4.64. The summed E-state index contributed by atoms with van der Waals surface area (Å²) < 4.78 is 19.0. The van der Waals surface area contributed by atoms with Crippen molar-refractivity contribution in [3.05, 3.63) is 53.5 Å². The first kappa shape index (κ1) is 16.2. The smallest absolute Gasteiger partial charge is 0.256 e. The predicted molar refractivity (Wildman–Crippen MR) is 90.0 cm³/mol. The van der Waals surface area contributed by atoms with Crippen molar-refractivity contribution >= 4 is 11.7 Å². The first-order chi connectivity index (χ1) is 11.6. The molecule has 2 heterocycles. The van der Waals surface area contributed by atoms with Crippen LogP contribution in [0.25, 0.3) is 0 Å². The molecule has 3 rings (SSSR count). The SMILES string of the molecule is COc1ccc(N2CCN(C(=O)c3cc(C)ccc3F)CC2)nc1. The second-order valence-electron chi connectivity index (χ2n) is 5.82. The summed E-state index contributed by atoms with van der Waals surface area (Å²) in [5, 5.41) is 0. The monoisotopic (exact) mass is 329 g/mol. The molecule has 0 saturated carbocycles. The van der Waals surface area contributed by atoms with E-state index >= 15 is 0 Å². The van der Waals surface area contributed by atoms with Crippen LogP contribution in [0.4, 0.5) is 10.2 Å². The van der Waals surface area contributed by atoms with Gasteiger partial charge in [-0.2, -0.15) is 0 Å². The number of aryl methyl sites for hydroxylation is 1. The molecule has 126 valence electrons. The minimum Gasteiger partial charge on any atom is -0.495 e. The standard InChI is InChI=1S/C18H20FN3O2/c1-13-3-5-16(19)15(11-13)18(23)22-9-7-21(8-10-22)17-6-4-14(24-2)12-20-17/h3-6,11-12H,7-10H2,1-2H3. The van der Waals surface area contributed by atoms with Crippen molar-refractivity contribution in [3.8, 4) is 5.75 Å². The number of amides is 1. The summed E-state index contributed by atoms with van der Waals surface area (Å²) in [6, 6.07) is 8.38. The molecule has 6 heteroatoms. The predicted octanol–water partition coefficient (Wildman–Crippen LogP) is 2.50. The van der Waals surface area contributed by atoms with Gasteiger partial charge in [-0.05, 0) is 31.2 Å². The van der Waals surface area contributed by atoms with E-state index in [2.05, 4.69) is 9.88 Å². The van der Waals surface area contributed by atoms with E-state index in [4.69, 9.17) is 4.74 Å². The van der Waals surface area contributed by atoms with Gasteiger partial charge in [0.05, 0.1) is 18.9 Å². The highest BCUT2D eigenvalue weighted by Gasteiger charge is 2.24. The summed E-state index contributed by atoms with van der Waals surface area (Å²) in [5.74, 6) is 0.843. The van der Waals surface area contributed by atoms with Gasteiger partial charge in [0, 0.05) is 26.2 Å². The zero-order valence-electron chi connectivity index (χ0n) is 13.8. The van der Waals surface area contributed by atoms with Crippen molar-refractivity contribution in [2.45, 2.75) is 6.92 Å². The Morgan fingerprint density at radius 3 is 2.54 bits per heavy atom. The summed E-state index contributed by atoms with van der Waals surface area (Å²) in [4.78, 5) is 20.7. The van der Waals surface area contributed by atoms with Gasteiger partial charge in [0.2, 0.25) is 0 Å². The highest BCUT2D eigenvalue weighted by atomic mass is 19.1. The molecule has 1 aromatic carbocycles. The van der Waals surface area contributed by atoms with Gasteiger partial charge in [-0.3, -0.25) is 4.79 Å². The zero-order valence-corrected chi connectivity index (χ0v) is 13.8. The molecule has 1 amide bonds. The number of halogens is 1. The molecule has 0 spiro atoms. The van der Waals surface area contributed by atoms with Crippen LogP contribution >= 0.6 is 0 Å². The Balaban J connectivity index is 1.65. The molecule has 5 nitrogen and oxygen atoms in total. The van der Waals surface area contributed by atoms with E-state index in [-0.39, 0.29) is 11.5 Å². The molecule has 1 fully saturated rings.